The molecule has 7 nitrogen and oxygen atoms in total. The van der Waals surface area contributed by atoms with Crippen LogP contribution in [0.25, 0.3) is 0 Å². The SMILES string of the molecule is COc1cc(OC)cc(C(NS(=O)(=O)c2cc(C(F)(F)F)ccc2Cl)c2nccn2C)c1. The predicted octanol–water partition coefficient (Wildman–Crippen LogP) is 4.18. The van der Waals surface area contributed by atoms with Crippen molar-refractivity contribution in [1.29, 1.82) is 0 Å². The van der Waals surface area contributed by atoms with Crippen LogP contribution in [0.15, 0.2) is 53.7 Å². The number of nitrogens with zero attached hydrogens (tertiary/aromatic N) is 2. The first kappa shape index (κ1) is 23.9. The van der Waals surface area contributed by atoms with E-state index >= 15 is 0 Å². The van der Waals surface area contributed by atoms with Gasteiger partial charge in [0.25, 0.3) is 0 Å². The summed E-state index contributed by atoms with van der Waals surface area (Å²) in [5, 5.41) is -0.354. The summed E-state index contributed by atoms with van der Waals surface area (Å²) in [5.41, 5.74) is -0.749. The summed E-state index contributed by atoms with van der Waals surface area (Å²) in [6, 6.07) is 5.74. The first-order valence-corrected chi connectivity index (χ1v) is 10.9. The van der Waals surface area contributed by atoms with E-state index in [0.29, 0.717) is 29.2 Å². The molecule has 0 spiro atoms. The Morgan fingerprint density at radius 2 is 1.72 bits per heavy atom. The zero-order chi connectivity index (χ0) is 23.7. The molecule has 32 heavy (non-hydrogen) atoms. The highest BCUT2D eigenvalue weighted by Gasteiger charge is 2.34. The largest absolute Gasteiger partial charge is 0.497 e. The molecule has 3 aromatic rings. The van der Waals surface area contributed by atoms with Crippen LogP contribution >= 0.6 is 11.6 Å². The Hall–Kier alpha value is -2.76. The van der Waals surface area contributed by atoms with Crippen LogP contribution < -0.4 is 14.2 Å². The maximum atomic E-state index is 13.2. The van der Waals surface area contributed by atoms with Crippen molar-refractivity contribution in [3.05, 3.63) is 70.8 Å². The van der Waals surface area contributed by atoms with Crippen LogP contribution in [-0.4, -0.2) is 32.2 Å². The average molecular weight is 490 g/mol. The fourth-order valence-corrected chi connectivity index (χ4v) is 4.73. The van der Waals surface area contributed by atoms with Gasteiger partial charge in [0, 0.05) is 25.5 Å². The van der Waals surface area contributed by atoms with Crippen LogP contribution in [-0.2, 0) is 23.2 Å². The van der Waals surface area contributed by atoms with Crippen LogP contribution in [0.5, 0.6) is 11.5 Å². The normalized spacial score (nSPS) is 13.1. The maximum Gasteiger partial charge on any atom is 0.416 e. The number of aryl methyl sites for hydroxylation is 1. The van der Waals surface area contributed by atoms with Crippen LogP contribution in [0.4, 0.5) is 13.2 Å². The highest BCUT2D eigenvalue weighted by atomic mass is 35.5. The maximum absolute atomic E-state index is 13.2. The number of aromatic nitrogens is 2. The number of benzene rings is 2. The van der Waals surface area contributed by atoms with Crippen molar-refractivity contribution in [1.82, 2.24) is 14.3 Å². The molecule has 12 heteroatoms. The third-order valence-corrected chi connectivity index (χ3v) is 6.55. The minimum atomic E-state index is -4.74. The Kier molecular flexibility index (Phi) is 6.72. The van der Waals surface area contributed by atoms with Gasteiger partial charge in [-0.25, -0.2) is 13.4 Å². The number of halogens is 4. The van der Waals surface area contributed by atoms with Crippen molar-refractivity contribution in [3.63, 3.8) is 0 Å². The average Bonchev–Trinajstić information content (AvgIpc) is 3.16. The molecule has 1 heterocycles. The smallest absolute Gasteiger partial charge is 0.416 e. The van der Waals surface area contributed by atoms with Crippen molar-refractivity contribution < 1.29 is 31.1 Å². The third kappa shape index (κ3) is 5.00. The molecule has 0 saturated carbocycles. The topological polar surface area (TPSA) is 82.4 Å². The van der Waals surface area contributed by atoms with Gasteiger partial charge in [-0.15, -0.1) is 0 Å². The number of nitrogens with one attached hydrogen (secondary N) is 1. The Morgan fingerprint density at radius 3 is 2.22 bits per heavy atom. The van der Waals surface area contributed by atoms with Crippen molar-refractivity contribution >= 4 is 21.6 Å². The second-order valence-electron chi connectivity index (χ2n) is 6.74. The molecule has 172 valence electrons. The second-order valence-corrected chi connectivity index (χ2v) is 8.83. The van der Waals surface area contributed by atoms with E-state index < -0.39 is 32.7 Å². The Morgan fingerprint density at radius 1 is 1.09 bits per heavy atom. The fourth-order valence-electron chi connectivity index (χ4n) is 3.03. The van der Waals surface area contributed by atoms with E-state index in [0.717, 1.165) is 6.07 Å². The Labute approximate surface area is 187 Å². The molecule has 0 amide bonds. The minimum Gasteiger partial charge on any atom is -0.497 e. The molecule has 0 radical (unpaired) electrons. The van der Waals surface area contributed by atoms with E-state index in [4.69, 9.17) is 21.1 Å². The number of sulfonamides is 1. The molecule has 3 rings (SSSR count). The molecule has 0 aliphatic rings. The molecule has 1 aromatic heterocycles. The summed E-state index contributed by atoms with van der Waals surface area (Å²) in [5.74, 6) is 1.05. The van der Waals surface area contributed by atoms with E-state index in [-0.39, 0.29) is 10.8 Å². The minimum absolute atomic E-state index is 0.284. The number of hydrogen-bond donors (Lipinski definition) is 1. The standard InChI is InChI=1S/C20H19ClF3N3O4S/c1-27-7-6-25-19(27)18(12-8-14(30-2)11-15(9-12)31-3)26-32(28,29)17-10-13(20(22,23)24)4-5-16(17)21/h4-11,18,26H,1-3H3. The quantitative estimate of drug-likeness (QED) is 0.538. The highest BCUT2D eigenvalue weighted by Crippen LogP contribution is 2.35. The summed E-state index contributed by atoms with van der Waals surface area (Å²) in [6.45, 7) is 0. The third-order valence-electron chi connectivity index (χ3n) is 4.64. The van der Waals surface area contributed by atoms with Gasteiger partial charge in [0.1, 0.15) is 28.3 Å². The molecular formula is C20H19ClF3N3O4S. The van der Waals surface area contributed by atoms with Crippen LogP contribution in [0.1, 0.15) is 23.0 Å². The first-order valence-electron chi connectivity index (χ1n) is 9.05. The van der Waals surface area contributed by atoms with Crippen LogP contribution in [0, 0.1) is 0 Å². The summed E-state index contributed by atoms with van der Waals surface area (Å²) in [7, 11) is -0.00596. The van der Waals surface area contributed by atoms with E-state index in [2.05, 4.69) is 9.71 Å². The highest BCUT2D eigenvalue weighted by molar-refractivity contribution is 7.89. The molecule has 1 unspecified atom stereocenters. The Balaban J connectivity index is 2.14. The van der Waals surface area contributed by atoms with E-state index in [1.54, 1.807) is 36.0 Å². The Bertz CT molecular complexity index is 1210. The molecule has 0 aliphatic carbocycles. The van der Waals surface area contributed by atoms with Crippen molar-refractivity contribution in [2.24, 2.45) is 7.05 Å². The molecule has 0 bridgehead atoms. The van der Waals surface area contributed by atoms with E-state index in [1.807, 2.05) is 0 Å². The molecule has 1 N–H and O–H groups in total. The van der Waals surface area contributed by atoms with Gasteiger partial charge in [0.2, 0.25) is 10.0 Å². The molecular weight excluding hydrogens is 471 g/mol. The number of alkyl halides is 3. The number of rotatable bonds is 7. The van der Waals surface area contributed by atoms with Gasteiger partial charge in [0.05, 0.1) is 24.8 Å². The van der Waals surface area contributed by atoms with Gasteiger partial charge in [-0.05, 0) is 35.9 Å². The van der Waals surface area contributed by atoms with Gasteiger partial charge >= 0.3 is 6.18 Å². The van der Waals surface area contributed by atoms with Crippen molar-refractivity contribution in [3.8, 4) is 11.5 Å². The number of hydrogen-bond acceptors (Lipinski definition) is 5. The van der Waals surface area contributed by atoms with Gasteiger partial charge in [-0.1, -0.05) is 11.6 Å². The molecule has 0 aliphatic heterocycles. The van der Waals surface area contributed by atoms with Gasteiger partial charge in [-0.2, -0.15) is 17.9 Å². The monoisotopic (exact) mass is 489 g/mol. The van der Waals surface area contributed by atoms with E-state index in [9.17, 15) is 21.6 Å². The lowest BCUT2D eigenvalue weighted by Gasteiger charge is -2.21. The summed E-state index contributed by atoms with van der Waals surface area (Å²) in [6.07, 6.45) is -1.68. The summed E-state index contributed by atoms with van der Waals surface area (Å²) < 4.78 is 80.3. The van der Waals surface area contributed by atoms with Crippen molar-refractivity contribution in [2.75, 3.05) is 14.2 Å². The number of ether oxygens (including phenoxy) is 2. The lowest BCUT2D eigenvalue weighted by molar-refractivity contribution is -0.137. The van der Waals surface area contributed by atoms with Gasteiger partial charge < -0.3 is 14.0 Å². The number of imidazole rings is 1. The zero-order valence-electron chi connectivity index (χ0n) is 17.1. The molecule has 2 aromatic carbocycles. The van der Waals surface area contributed by atoms with E-state index in [1.165, 1.54) is 20.4 Å². The fraction of sp³-hybridized carbons (Fsp3) is 0.250. The summed E-state index contributed by atoms with van der Waals surface area (Å²) in [4.78, 5) is 3.50. The number of methoxy groups -OCH3 is 2. The second kappa shape index (κ2) is 9.00. The predicted molar refractivity (Wildman–Crippen MR) is 111 cm³/mol. The van der Waals surface area contributed by atoms with Crippen LogP contribution in [0.2, 0.25) is 5.02 Å². The van der Waals surface area contributed by atoms with Crippen molar-refractivity contribution in [2.45, 2.75) is 17.1 Å². The molecule has 0 fully saturated rings. The lowest BCUT2D eigenvalue weighted by atomic mass is 10.1. The molecule has 0 saturated heterocycles. The van der Waals surface area contributed by atoms with Gasteiger partial charge in [0.15, 0.2) is 0 Å². The van der Waals surface area contributed by atoms with Gasteiger partial charge in [-0.3, -0.25) is 0 Å². The zero-order valence-corrected chi connectivity index (χ0v) is 18.7. The lowest BCUT2D eigenvalue weighted by Crippen LogP contribution is -2.31. The summed E-state index contributed by atoms with van der Waals surface area (Å²) >= 11 is 5.96. The molecule has 1 atom stereocenters. The van der Waals surface area contributed by atoms with Crippen LogP contribution in [0.3, 0.4) is 0 Å². The first-order chi connectivity index (χ1) is 15.0.